The summed E-state index contributed by atoms with van der Waals surface area (Å²) in [7, 11) is -1.88. The largest absolute Gasteiger partial charge is 0.396 e. The molecular weight excluding hydrogens is 240 g/mol. The molecular formula is C11H26N2O3S. The maximum absolute atomic E-state index is 12.0. The first-order valence-corrected chi connectivity index (χ1v) is 7.61. The number of unbranched alkanes of at least 4 members (excludes halogenated alkanes) is 1. The first-order valence-electron chi connectivity index (χ1n) is 6.17. The van der Waals surface area contributed by atoms with Gasteiger partial charge < -0.3 is 5.11 Å². The fourth-order valence-electron chi connectivity index (χ4n) is 1.44. The molecule has 0 spiro atoms. The second-order valence-electron chi connectivity index (χ2n) is 4.67. The summed E-state index contributed by atoms with van der Waals surface area (Å²) < 4.78 is 28.0. The molecule has 0 aliphatic carbocycles. The van der Waals surface area contributed by atoms with Crippen LogP contribution in [0.1, 0.15) is 46.5 Å². The molecule has 0 aliphatic rings. The van der Waals surface area contributed by atoms with Gasteiger partial charge in [0, 0.05) is 25.7 Å². The maximum Gasteiger partial charge on any atom is 0.279 e. The third-order valence-electron chi connectivity index (χ3n) is 3.06. The van der Waals surface area contributed by atoms with Crippen molar-refractivity contribution in [2.45, 2.75) is 52.0 Å². The van der Waals surface area contributed by atoms with Gasteiger partial charge in [0.2, 0.25) is 0 Å². The molecule has 0 aromatic carbocycles. The average molecular weight is 266 g/mol. The predicted molar refractivity (Wildman–Crippen MR) is 70.0 cm³/mol. The molecule has 0 saturated carbocycles. The van der Waals surface area contributed by atoms with Crippen molar-refractivity contribution >= 4 is 10.2 Å². The van der Waals surface area contributed by atoms with E-state index in [4.69, 9.17) is 5.11 Å². The second-order valence-corrected chi connectivity index (χ2v) is 6.45. The molecule has 0 amide bonds. The minimum Gasteiger partial charge on any atom is -0.396 e. The van der Waals surface area contributed by atoms with Crippen LogP contribution in [0, 0.1) is 0 Å². The molecule has 0 aromatic rings. The summed E-state index contributed by atoms with van der Waals surface area (Å²) in [5, 5.41) is 8.96. The lowest BCUT2D eigenvalue weighted by Gasteiger charge is -2.31. The molecule has 0 heterocycles. The van der Waals surface area contributed by atoms with E-state index in [9.17, 15) is 8.42 Å². The lowest BCUT2D eigenvalue weighted by atomic mass is 9.97. The third kappa shape index (κ3) is 5.81. The van der Waals surface area contributed by atoms with Crippen molar-refractivity contribution in [2.75, 3.05) is 20.2 Å². The topological polar surface area (TPSA) is 69.6 Å². The molecule has 0 bridgehead atoms. The molecule has 0 aliphatic heterocycles. The fourth-order valence-corrected chi connectivity index (χ4v) is 2.83. The zero-order chi connectivity index (χ0) is 13.5. The summed E-state index contributed by atoms with van der Waals surface area (Å²) in [5.74, 6) is 0. The Morgan fingerprint density at radius 3 is 2.35 bits per heavy atom. The van der Waals surface area contributed by atoms with Crippen LogP contribution in [0.15, 0.2) is 0 Å². The highest BCUT2D eigenvalue weighted by Gasteiger charge is 2.29. The van der Waals surface area contributed by atoms with E-state index >= 15 is 0 Å². The van der Waals surface area contributed by atoms with Gasteiger partial charge in [0.25, 0.3) is 10.2 Å². The van der Waals surface area contributed by atoms with Crippen LogP contribution in [0.5, 0.6) is 0 Å². The smallest absolute Gasteiger partial charge is 0.279 e. The van der Waals surface area contributed by atoms with Crippen LogP contribution >= 0.6 is 0 Å². The Kier molecular flexibility index (Phi) is 7.23. The standard InChI is InChI=1S/C11H26N2O3S/c1-5-7-9-13(4)17(15,16)12-11(3,6-2)8-10-14/h12,14H,5-10H2,1-4H3. The number of hydrogen-bond acceptors (Lipinski definition) is 3. The van der Waals surface area contributed by atoms with Gasteiger partial charge in [0.05, 0.1) is 0 Å². The Bertz CT molecular complexity index is 306. The van der Waals surface area contributed by atoms with Gasteiger partial charge in [-0.1, -0.05) is 20.3 Å². The van der Waals surface area contributed by atoms with Crippen molar-refractivity contribution in [3.63, 3.8) is 0 Å². The molecule has 5 nitrogen and oxygen atoms in total. The minimum absolute atomic E-state index is 0.0223. The van der Waals surface area contributed by atoms with Gasteiger partial charge >= 0.3 is 0 Å². The Labute approximate surface area is 105 Å². The van der Waals surface area contributed by atoms with Crippen LogP contribution in [0.2, 0.25) is 0 Å². The summed E-state index contributed by atoms with van der Waals surface area (Å²) in [6, 6.07) is 0. The third-order valence-corrected chi connectivity index (χ3v) is 4.81. The number of nitrogens with zero attached hydrogens (tertiary/aromatic N) is 1. The highest BCUT2D eigenvalue weighted by atomic mass is 32.2. The van der Waals surface area contributed by atoms with E-state index in [0.717, 1.165) is 12.8 Å². The van der Waals surface area contributed by atoms with Crippen LogP contribution in [-0.2, 0) is 10.2 Å². The molecule has 0 fully saturated rings. The van der Waals surface area contributed by atoms with Crippen LogP contribution in [0.4, 0.5) is 0 Å². The Morgan fingerprint density at radius 1 is 1.35 bits per heavy atom. The van der Waals surface area contributed by atoms with Crippen molar-refractivity contribution in [3.05, 3.63) is 0 Å². The summed E-state index contributed by atoms with van der Waals surface area (Å²) in [5.41, 5.74) is -0.575. The Hall–Kier alpha value is -0.170. The van der Waals surface area contributed by atoms with Crippen molar-refractivity contribution in [2.24, 2.45) is 0 Å². The van der Waals surface area contributed by atoms with Gasteiger partial charge in [-0.05, 0) is 26.2 Å². The van der Waals surface area contributed by atoms with Crippen molar-refractivity contribution < 1.29 is 13.5 Å². The first-order chi connectivity index (χ1) is 7.81. The maximum atomic E-state index is 12.0. The van der Waals surface area contributed by atoms with Crippen LogP contribution < -0.4 is 4.72 Å². The van der Waals surface area contributed by atoms with E-state index in [1.54, 1.807) is 7.05 Å². The number of aliphatic hydroxyl groups excluding tert-OH is 1. The lowest BCUT2D eigenvalue weighted by Crippen LogP contribution is -2.51. The number of rotatable bonds is 9. The van der Waals surface area contributed by atoms with Gasteiger partial charge in [-0.15, -0.1) is 0 Å². The molecule has 104 valence electrons. The van der Waals surface area contributed by atoms with E-state index in [-0.39, 0.29) is 6.61 Å². The zero-order valence-electron chi connectivity index (χ0n) is 11.4. The number of hydrogen-bond donors (Lipinski definition) is 2. The van der Waals surface area contributed by atoms with Crippen molar-refractivity contribution in [1.82, 2.24) is 9.03 Å². The number of aliphatic hydroxyl groups is 1. The van der Waals surface area contributed by atoms with E-state index < -0.39 is 15.7 Å². The van der Waals surface area contributed by atoms with Crippen molar-refractivity contribution in [3.8, 4) is 0 Å². The highest BCUT2D eigenvalue weighted by molar-refractivity contribution is 7.87. The summed E-state index contributed by atoms with van der Waals surface area (Å²) in [4.78, 5) is 0. The normalized spacial score (nSPS) is 16.1. The van der Waals surface area contributed by atoms with Crippen LogP contribution in [-0.4, -0.2) is 43.6 Å². The number of nitrogens with one attached hydrogen (secondary N) is 1. The van der Waals surface area contributed by atoms with Gasteiger partial charge in [-0.2, -0.15) is 17.4 Å². The van der Waals surface area contributed by atoms with Crippen LogP contribution in [0.3, 0.4) is 0 Å². The highest BCUT2D eigenvalue weighted by Crippen LogP contribution is 2.16. The van der Waals surface area contributed by atoms with E-state index in [0.29, 0.717) is 19.4 Å². The quantitative estimate of drug-likeness (QED) is 0.656. The monoisotopic (exact) mass is 266 g/mol. The summed E-state index contributed by atoms with van der Waals surface area (Å²) >= 11 is 0. The zero-order valence-corrected chi connectivity index (χ0v) is 12.2. The van der Waals surface area contributed by atoms with Gasteiger partial charge in [-0.3, -0.25) is 0 Å². The Balaban J connectivity index is 4.61. The molecule has 1 atom stereocenters. The predicted octanol–water partition coefficient (Wildman–Crippen LogP) is 1.10. The fraction of sp³-hybridized carbons (Fsp3) is 1.00. The second kappa shape index (κ2) is 7.31. The van der Waals surface area contributed by atoms with Gasteiger partial charge in [-0.25, -0.2) is 0 Å². The molecule has 0 rings (SSSR count). The Morgan fingerprint density at radius 2 is 1.94 bits per heavy atom. The van der Waals surface area contributed by atoms with E-state index in [1.807, 2.05) is 20.8 Å². The van der Waals surface area contributed by atoms with Crippen LogP contribution in [0.25, 0.3) is 0 Å². The molecule has 0 aromatic heterocycles. The molecule has 17 heavy (non-hydrogen) atoms. The molecule has 0 radical (unpaired) electrons. The minimum atomic E-state index is -3.45. The first kappa shape index (κ1) is 16.8. The molecule has 0 saturated heterocycles. The SMILES string of the molecule is CCCCN(C)S(=O)(=O)NC(C)(CC)CCO. The average Bonchev–Trinajstić information content (AvgIpc) is 2.25. The van der Waals surface area contributed by atoms with E-state index in [2.05, 4.69) is 4.72 Å². The van der Waals surface area contributed by atoms with Crippen molar-refractivity contribution in [1.29, 1.82) is 0 Å². The van der Waals surface area contributed by atoms with Gasteiger partial charge in [0.1, 0.15) is 0 Å². The molecule has 2 N–H and O–H groups in total. The summed E-state index contributed by atoms with van der Waals surface area (Å²) in [6.07, 6.45) is 2.88. The molecule has 6 heteroatoms. The molecule has 1 unspecified atom stereocenters. The summed E-state index contributed by atoms with van der Waals surface area (Å²) in [6.45, 7) is 6.24. The lowest BCUT2D eigenvalue weighted by molar-refractivity contribution is 0.231. The van der Waals surface area contributed by atoms with Gasteiger partial charge in [0.15, 0.2) is 0 Å². The van der Waals surface area contributed by atoms with E-state index in [1.165, 1.54) is 4.31 Å².